The molecule has 2 rings (SSSR count). The normalized spacial score (nSPS) is 17.2. The molecule has 0 bridgehead atoms. The molecule has 2 heterocycles. The number of nitrogens with one attached hydrogen (secondary N) is 2. The van der Waals surface area contributed by atoms with Gasteiger partial charge in [0.15, 0.2) is 0 Å². The molecule has 6 heteroatoms. The van der Waals surface area contributed by atoms with E-state index in [-0.39, 0.29) is 11.9 Å². The molecule has 0 aromatic carbocycles. The van der Waals surface area contributed by atoms with Gasteiger partial charge in [-0.1, -0.05) is 6.92 Å². The van der Waals surface area contributed by atoms with Crippen LogP contribution in [0.5, 0.6) is 0 Å². The zero-order valence-electron chi connectivity index (χ0n) is 12.8. The van der Waals surface area contributed by atoms with Crippen LogP contribution in [0.3, 0.4) is 0 Å². The van der Waals surface area contributed by atoms with E-state index in [1.807, 2.05) is 6.92 Å². The summed E-state index contributed by atoms with van der Waals surface area (Å²) < 4.78 is 5.35. The van der Waals surface area contributed by atoms with Crippen LogP contribution >= 0.6 is 0 Å². The van der Waals surface area contributed by atoms with Gasteiger partial charge in [-0.15, -0.1) is 0 Å². The standard InChI is InChI=1S/C15H24N4O2/c1-3-6-17-14-10-16-9-13(19-14)15(20)18-11(2)12-4-7-21-8-5-12/h9-12H,3-8H2,1-2H3,(H,17,19)(H,18,20). The van der Waals surface area contributed by atoms with E-state index in [0.29, 0.717) is 17.4 Å². The number of aromatic nitrogens is 2. The Morgan fingerprint density at radius 2 is 2.19 bits per heavy atom. The molecule has 21 heavy (non-hydrogen) atoms. The van der Waals surface area contributed by atoms with Crippen LogP contribution < -0.4 is 10.6 Å². The molecule has 0 spiro atoms. The van der Waals surface area contributed by atoms with E-state index in [1.54, 1.807) is 6.20 Å². The fourth-order valence-electron chi connectivity index (χ4n) is 2.43. The number of anilines is 1. The van der Waals surface area contributed by atoms with Gasteiger partial charge in [0, 0.05) is 25.8 Å². The summed E-state index contributed by atoms with van der Waals surface area (Å²) in [6, 6.07) is 0.121. The number of carbonyl (C=O) groups is 1. The Balaban J connectivity index is 1.92. The average Bonchev–Trinajstić information content (AvgIpc) is 2.54. The molecule has 1 amide bonds. The third-order valence-electron chi connectivity index (χ3n) is 3.76. The Hall–Kier alpha value is -1.69. The Morgan fingerprint density at radius 3 is 2.90 bits per heavy atom. The Kier molecular flexibility index (Phi) is 5.92. The summed E-state index contributed by atoms with van der Waals surface area (Å²) in [6.07, 6.45) is 6.12. The van der Waals surface area contributed by atoms with Crippen molar-refractivity contribution in [2.75, 3.05) is 25.1 Å². The maximum Gasteiger partial charge on any atom is 0.271 e. The van der Waals surface area contributed by atoms with Crippen molar-refractivity contribution < 1.29 is 9.53 Å². The third kappa shape index (κ3) is 4.67. The molecule has 0 radical (unpaired) electrons. The molecule has 1 aliphatic heterocycles. The second kappa shape index (κ2) is 7.93. The van der Waals surface area contributed by atoms with Gasteiger partial charge < -0.3 is 15.4 Å². The largest absolute Gasteiger partial charge is 0.381 e. The second-order valence-corrected chi connectivity index (χ2v) is 5.43. The van der Waals surface area contributed by atoms with Crippen molar-refractivity contribution in [2.45, 2.75) is 39.2 Å². The van der Waals surface area contributed by atoms with Crippen molar-refractivity contribution in [1.82, 2.24) is 15.3 Å². The molecule has 1 unspecified atom stereocenters. The van der Waals surface area contributed by atoms with Gasteiger partial charge in [0.1, 0.15) is 11.5 Å². The lowest BCUT2D eigenvalue weighted by atomic mass is 9.93. The lowest BCUT2D eigenvalue weighted by Crippen LogP contribution is -2.40. The molecule has 1 aliphatic rings. The Labute approximate surface area is 125 Å². The first-order valence-electron chi connectivity index (χ1n) is 7.65. The summed E-state index contributed by atoms with van der Waals surface area (Å²) in [5, 5.41) is 6.16. The van der Waals surface area contributed by atoms with Gasteiger partial charge in [0.2, 0.25) is 0 Å². The van der Waals surface area contributed by atoms with E-state index >= 15 is 0 Å². The minimum Gasteiger partial charge on any atom is -0.381 e. The molecular weight excluding hydrogens is 268 g/mol. The lowest BCUT2D eigenvalue weighted by Gasteiger charge is -2.28. The topological polar surface area (TPSA) is 76.1 Å². The fourth-order valence-corrected chi connectivity index (χ4v) is 2.43. The van der Waals surface area contributed by atoms with Gasteiger partial charge in [-0.05, 0) is 32.1 Å². The van der Waals surface area contributed by atoms with Crippen LogP contribution in [-0.2, 0) is 4.74 Å². The van der Waals surface area contributed by atoms with E-state index in [4.69, 9.17) is 4.74 Å². The summed E-state index contributed by atoms with van der Waals surface area (Å²) in [5.74, 6) is 0.946. The number of rotatable bonds is 6. The van der Waals surface area contributed by atoms with E-state index in [9.17, 15) is 4.79 Å². The number of hydrogen-bond donors (Lipinski definition) is 2. The Morgan fingerprint density at radius 1 is 1.43 bits per heavy atom. The third-order valence-corrected chi connectivity index (χ3v) is 3.76. The van der Waals surface area contributed by atoms with Crippen molar-refractivity contribution in [2.24, 2.45) is 5.92 Å². The quantitative estimate of drug-likeness (QED) is 0.836. The SMILES string of the molecule is CCCNc1cncc(C(=O)NC(C)C2CCOCC2)n1. The zero-order valence-corrected chi connectivity index (χ0v) is 12.8. The predicted molar refractivity (Wildman–Crippen MR) is 81.3 cm³/mol. The average molecular weight is 292 g/mol. The first-order chi connectivity index (χ1) is 10.2. The second-order valence-electron chi connectivity index (χ2n) is 5.43. The molecule has 1 saturated heterocycles. The molecule has 0 saturated carbocycles. The Bertz CT molecular complexity index is 461. The van der Waals surface area contributed by atoms with Crippen molar-refractivity contribution in [3.8, 4) is 0 Å². The molecule has 2 N–H and O–H groups in total. The highest BCUT2D eigenvalue weighted by molar-refractivity contribution is 5.92. The van der Waals surface area contributed by atoms with Crippen LogP contribution in [-0.4, -0.2) is 41.7 Å². The number of carbonyl (C=O) groups excluding carboxylic acids is 1. The molecule has 0 aliphatic carbocycles. The van der Waals surface area contributed by atoms with Crippen LogP contribution in [0.25, 0.3) is 0 Å². The summed E-state index contributed by atoms with van der Waals surface area (Å²) in [5.41, 5.74) is 0.356. The lowest BCUT2D eigenvalue weighted by molar-refractivity contribution is 0.0537. The van der Waals surface area contributed by atoms with Crippen LogP contribution in [0, 0.1) is 5.92 Å². The number of amides is 1. The van der Waals surface area contributed by atoms with Gasteiger partial charge in [0.25, 0.3) is 5.91 Å². The molecular formula is C15H24N4O2. The highest BCUT2D eigenvalue weighted by atomic mass is 16.5. The molecule has 1 aromatic rings. The highest BCUT2D eigenvalue weighted by Gasteiger charge is 2.22. The van der Waals surface area contributed by atoms with Crippen LogP contribution in [0.2, 0.25) is 0 Å². The summed E-state index contributed by atoms with van der Waals surface area (Å²) in [6.45, 7) is 6.49. The van der Waals surface area contributed by atoms with Crippen LogP contribution in [0.15, 0.2) is 12.4 Å². The van der Waals surface area contributed by atoms with Crippen molar-refractivity contribution in [1.29, 1.82) is 0 Å². The monoisotopic (exact) mass is 292 g/mol. The van der Waals surface area contributed by atoms with E-state index < -0.39 is 0 Å². The maximum atomic E-state index is 12.3. The summed E-state index contributed by atoms with van der Waals surface area (Å²) >= 11 is 0. The first kappa shape index (κ1) is 15.7. The molecule has 1 atom stereocenters. The molecule has 116 valence electrons. The van der Waals surface area contributed by atoms with Crippen molar-refractivity contribution in [3.63, 3.8) is 0 Å². The van der Waals surface area contributed by atoms with Gasteiger partial charge >= 0.3 is 0 Å². The van der Waals surface area contributed by atoms with Crippen LogP contribution in [0.1, 0.15) is 43.6 Å². The molecule has 1 aromatic heterocycles. The van der Waals surface area contributed by atoms with Crippen molar-refractivity contribution in [3.05, 3.63) is 18.1 Å². The minimum absolute atomic E-state index is 0.121. The predicted octanol–water partition coefficient (Wildman–Crippen LogP) is 1.84. The van der Waals surface area contributed by atoms with Gasteiger partial charge in [-0.25, -0.2) is 4.98 Å². The minimum atomic E-state index is -0.165. The summed E-state index contributed by atoms with van der Waals surface area (Å²) in [4.78, 5) is 20.6. The smallest absolute Gasteiger partial charge is 0.271 e. The maximum absolute atomic E-state index is 12.3. The van der Waals surface area contributed by atoms with E-state index in [0.717, 1.165) is 39.0 Å². The van der Waals surface area contributed by atoms with Crippen molar-refractivity contribution >= 4 is 11.7 Å². The first-order valence-corrected chi connectivity index (χ1v) is 7.65. The van der Waals surface area contributed by atoms with Crippen LogP contribution in [0.4, 0.5) is 5.82 Å². The molecule has 1 fully saturated rings. The van der Waals surface area contributed by atoms with Gasteiger partial charge in [-0.2, -0.15) is 0 Å². The zero-order chi connectivity index (χ0) is 15.1. The number of hydrogen-bond acceptors (Lipinski definition) is 5. The van der Waals surface area contributed by atoms with E-state index in [1.165, 1.54) is 6.20 Å². The highest BCUT2D eigenvalue weighted by Crippen LogP contribution is 2.18. The number of ether oxygens (including phenoxy) is 1. The van der Waals surface area contributed by atoms with E-state index in [2.05, 4.69) is 27.5 Å². The number of nitrogens with zero attached hydrogens (tertiary/aromatic N) is 2. The van der Waals surface area contributed by atoms with Gasteiger partial charge in [-0.3, -0.25) is 9.78 Å². The summed E-state index contributed by atoms with van der Waals surface area (Å²) in [7, 11) is 0. The molecule has 6 nitrogen and oxygen atoms in total. The fraction of sp³-hybridized carbons (Fsp3) is 0.667. The van der Waals surface area contributed by atoms with Gasteiger partial charge in [0.05, 0.1) is 12.4 Å².